The third-order valence-corrected chi connectivity index (χ3v) is 4.47. The summed E-state index contributed by atoms with van der Waals surface area (Å²) in [6.07, 6.45) is 1.88. The van der Waals surface area contributed by atoms with E-state index in [1.165, 1.54) is 17.3 Å². The number of carbonyl (C=O) groups is 1. The van der Waals surface area contributed by atoms with Crippen LogP contribution in [-0.2, 0) is 4.79 Å². The molecule has 110 valence electrons. The molecule has 0 atom stereocenters. The SMILES string of the molecule is Cc1ccc(/C=C2\SC(=Nc3cccc(Br)c3)NC2=O)cc1. The van der Waals surface area contributed by atoms with Crippen LogP contribution in [0.25, 0.3) is 6.08 Å². The lowest BCUT2D eigenvalue weighted by atomic mass is 10.1. The largest absolute Gasteiger partial charge is 0.300 e. The molecule has 22 heavy (non-hydrogen) atoms. The Hall–Kier alpha value is -1.85. The van der Waals surface area contributed by atoms with Crippen LogP contribution in [0.15, 0.2) is 62.9 Å². The molecule has 0 radical (unpaired) electrons. The van der Waals surface area contributed by atoms with E-state index in [1.807, 2.05) is 61.5 Å². The minimum Gasteiger partial charge on any atom is -0.300 e. The molecule has 1 amide bonds. The van der Waals surface area contributed by atoms with Gasteiger partial charge in [0.15, 0.2) is 5.17 Å². The van der Waals surface area contributed by atoms with E-state index in [1.54, 1.807) is 0 Å². The average Bonchev–Trinajstić information content (AvgIpc) is 2.81. The van der Waals surface area contributed by atoms with E-state index in [9.17, 15) is 4.79 Å². The Morgan fingerprint density at radius 3 is 2.68 bits per heavy atom. The van der Waals surface area contributed by atoms with Gasteiger partial charge in [0.05, 0.1) is 10.6 Å². The summed E-state index contributed by atoms with van der Waals surface area (Å²) in [5.41, 5.74) is 3.00. The fraction of sp³-hybridized carbons (Fsp3) is 0.0588. The van der Waals surface area contributed by atoms with E-state index < -0.39 is 0 Å². The lowest BCUT2D eigenvalue weighted by Crippen LogP contribution is -2.19. The molecule has 5 heteroatoms. The highest BCUT2D eigenvalue weighted by Gasteiger charge is 2.23. The van der Waals surface area contributed by atoms with Crippen molar-refractivity contribution in [2.24, 2.45) is 4.99 Å². The van der Waals surface area contributed by atoms with E-state index in [0.717, 1.165) is 15.7 Å². The number of nitrogens with one attached hydrogen (secondary N) is 1. The highest BCUT2D eigenvalue weighted by atomic mass is 79.9. The number of nitrogens with zero attached hydrogens (tertiary/aromatic N) is 1. The van der Waals surface area contributed by atoms with Gasteiger partial charge in [-0.15, -0.1) is 0 Å². The summed E-state index contributed by atoms with van der Waals surface area (Å²) in [7, 11) is 0. The van der Waals surface area contributed by atoms with Crippen molar-refractivity contribution in [1.29, 1.82) is 0 Å². The van der Waals surface area contributed by atoms with Crippen LogP contribution in [0.1, 0.15) is 11.1 Å². The van der Waals surface area contributed by atoms with Crippen molar-refractivity contribution in [1.82, 2.24) is 5.32 Å². The number of aryl methyl sites for hydroxylation is 1. The molecule has 0 aromatic heterocycles. The minimum absolute atomic E-state index is 0.112. The third kappa shape index (κ3) is 3.67. The Labute approximate surface area is 141 Å². The van der Waals surface area contributed by atoms with Gasteiger partial charge in [0.1, 0.15) is 0 Å². The zero-order valence-electron chi connectivity index (χ0n) is 11.8. The van der Waals surface area contributed by atoms with Crippen LogP contribution in [0.3, 0.4) is 0 Å². The number of hydrogen-bond donors (Lipinski definition) is 1. The van der Waals surface area contributed by atoms with E-state index in [0.29, 0.717) is 10.1 Å². The lowest BCUT2D eigenvalue weighted by Gasteiger charge is -1.97. The fourth-order valence-corrected chi connectivity index (χ4v) is 3.19. The van der Waals surface area contributed by atoms with Crippen molar-refractivity contribution in [3.63, 3.8) is 0 Å². The molecule has 3 nitrogen and oxygen atoms in total. The Morgan fingerprint density at radius 1 is 1.18 bits per heavy atom. The number of carbonyl (C=O) groups excluding carboxylic acids is 1. The first-order valence-electron chi connectivity index (χ1n) is 6.72. The quantitative estimate of drug-likeness (QED) is 0.779. The topological polar surface area (TPSA) is 41.5 Å². The van der Waals surface area contributed by atoms with Gasteiger partial charge in [-0.3, -0.25) is 4.79 Å². The molecule has 1 heterocycles. The molecule has 0 unspecified atom stereocenters. The van der Waals surface area contributed by atoms with Crippen molar-refractivity contribution in [3.8, 4) is 0 Å². The molecule has 3 rings (SSSR count). The second kappa shape index (κ2) is 6.50. The third-order valence-electron chi connectivity index (χ3n) is 3.06. The van der Waals surface area contributed by atoms with Gasteiger partial charge in [-0.25, -0.2) is 4.99 Å². The Balaban J connectivity index is 1.82. The van der Waals surface area contributed by atoms with Crippen molar-refractivity contribution in [2.75, 3.05) is 0 Å². The molecule has 1 aliphatic heterocycles. The summed E-state index contributed by atoms with van der Waals surface area (Å²) >= 11 is 4.76. The summed E-state index contributed by atoms with van der Waals surface area (Å²) in [6.45, 7) is 2.04. The van der Waals surface area contributed by atoms with Crippen molar-refractivity contribution >= 4 is 50.5 Å². The highest BCUT2D eigenvalue weighted by Crippen LogP contribution is 2.28. The molecular weight excluding hydrogens is 360 g/mol. The molecular formula is C17H13BrN2OS. The first kappa shape index (κ1) is 15.1. The van der Waals surface area contributed by atoms with Gasteiger partial charge >= 0.3 is 0 Å². The fourth-order valence-electron chi connectivity index (χ4n) is 1.96. The van der Waals surface area contributed by atoms with Crippen LogP contribution in [-0.4, -0.2) is 11.1 Å². The van der Waals surface area contributed by atoms with Crippen LogP contribution in [0.5, 0.6) is 0 Å². The maximum Gasteiger partial charge on any atom is 0.264 e. The summed E-state index contributed by atoms with van der Waals surface area (Å²) in [5.74, 6) is -0.112. The summed E-state index contributed by atoms with van der Waals surface area (Å²) in [4.78, 5) is 17.1. The van der Waals surface area contributed by atoms with E-state index in [-0.39, 0.29) is 5.91 Å². The Kier molecular flexibility index (Phi) is 4.45. The smallest absolute Gasteiger partial charge is 0.264 e. The predicted molar refractivity (Wildman–Crippen MR) is 96.1 cm³/mol. The molecule has 1 fully saturated rings. The van der Waals surface area contributed by atoms with Crippen LogP contribution < -0.4 is 5.32 Å². The second-order valence-electron chi connectivity index (χ2n) is 4.87. The average molecular weight is 373 g/mol. The number of thioether (sulfide) groups is 1. The summed E-state index contributed by atoms with van der Waals surface area (Å²) in [5, 5.41) is 3.39. The molecule has 0 spiro atoms. The van der Waals surface area contributed by atoms with E-state index >= 15 is 0 Å². The standard InChI is InChI=1S/C17H13BrN2OS/c1-11-5-7-12(8-6-11)9-15-16(21)20-17(22-15)19-14-4-2-3-13(18)10-14/h2-10H,1H3,(H,19,20,21)/b15-9-. The molecule has 0 saturated carbocycles. The van der Waals surface area contributed by atoms with Crippen molar-refractivity contribution in [2.45, 2.75) is 6.92 Å². The summed E-state index contributed by atoms with van der Waals surface area (Å²) < 4.78 is 0.957. The van der Waals surface area contributed by atoms with Crippen LogP contribution in [0, 0.1) is 6.92 Å². The van der Waals surface area contributed by atoms with Gasteiger partial charge < -0.3 is 5.32 Å². The monoisotopic (exact) mass is 372 g/mol. The molecule has 2 aromatic rings. The predicted octanol–water partition coefficient (Wildman–Crippen LogP) is 4.65. The van der Waals surface area contributed by atoms with Gasteiger partial charge in [0.25, 0.3) is 5.91 Å². The first-order valence-corrected chi connectivity index (χ1v) is 8.33. The zero-order valence-corrected chi connectivity index (χ0v) is 14.2. The van der Waals surface area contributed by atoms with Gasteiger partial charge in [-0.1, -0.05) is 51.8 Å². The molecule has 1 N–H and O–H groups in total. The molecule has 1 aliphatic rings. The number of aliphatic imine (C=N–C) groups is 1. The van der Waals surface area contributed by atoms with Gasteiger partial charge in [0, 0.05) is 4.47 Å². The molecule has 0 bridgehead atoms. The molecule has 1 saturated heterocycles. The normalized spacial score (nSPS) is 18.0. The summed E-state index contributed by atoms with van der Waals surface area (Å²) in [6, 6.07) is 15.7. The molecule has 0 aliphatic carbocycles. The Morgan fingerprint density at radius 2 is 1.95 bits per heavy atom. The van der Waals surface area contributed by atoms with E-state index in [4.69, 9.17) is 0 Å². The van der Waals surface area contributed by atoms with Crippen LogP contribution in [0.2, 0.25) is 0 Å². The maximum absolute atomic E-state index is 12.0. The van der Waals surface area contributed by atoms with Gasteiger partial charge in [-0.2, -0.15) is 0 Å². The van der Waals surface area contributed by atoms with Crippen LogP contribution in [0.4, 0.5) is 5.69 Å². The minimum atomic E-state index is -0.112. The number of hydrogen-bond acceptors (Lipinski definition) is 3. The van der Waals surface area contributed by atoms with Gasteiger partial charge in [0.2, 0.25) is 0 Å². The second-order valence-corrected chi connectivity index (χ2v) is 6.82. The lowest BCUT2D eigenvalue weighted by molar-refractivity contribution is -0.115. The zero-order chi connectivity index (χ0) is 15.5. The molecule has 2 aromatic carbocycles. The van der Waals surface area contributed by atoms with Crippen molar-refractivity contribution < 1.29 is 4.79 Å². The number of amidine groups is 1. The van der Waals surface area contributed by atoms with E-state index in [2.05, 4.69) is 26.2 Å². The number of benzene rings is 2. The number of rotatable bonds is 2. The number of halogens is 1. The first-order chi connectivity index (χ1) is 10.6. The van der Waals surface area contributed by atoms with Crippen molar-refractivity contribution in [3.05, 3.63) is 69.0 Å². The number of amides is 1. The Bertz CT molecular complexity index is 782. The maximum atomic E-state index is 12.0. The highest BCUT2D eigenvalue weighted by molar-refractivity contribution is 9.10. The van der Waals surface area contributed by atoms with Crippen LogP contribution >= 0.6 is 27.7 Å². The van der Waals surface area contributed by atoms with Gasteiger partial charge in [-0.05, 0) is 48.5 Å².